The van der Waals surface area contributed by atoms with E-state index in [-0.39, 0.29) is 0 Å². The van der Waals surface area contributed by atoms with Gasteiger partial charge in [-0.2, -0.15) is 12.6 Å². The Kier molecular flexibility index (Phi) is 6.42. The first-order valence-electron chi connectivity index (χ1n) is 5.56. The van der Waals surface area contributed by atoms with Crippen LogP contribution in [0.5, 0.6) is 0 Å². The van der Waals surface area contributed by atoms with Crippen molar-refractivity contribution in [2.24, 2.45) is 0 Å². The van der Waals surface area contributed by atoms with Gasteiger partial charge in [-0.3, -0.25) is 0 Å². The number of hydrogen-bond donors (Lipinski definition) is 1. The van der Waals surface area contributed by atoms with E-state index < -0.39 is 8.32 Å². The molecule has 0 rings (SSSR count). The van der Waals surface area contributed by atoms with Gasteiger partial charge < -0.3 is 4.43 Å². The predicted molar refractivity (Wildman–Crippen MR) is 70.9 cm³/mol. The van der Waals surface area contributed by atoms with Gasteiger partial charge in [-0.25, -0.2) is 0 Å². The summed E-state index contributed by atoms with van der Waals surface area (Å²) in [5.41, 5.74) is 0. The van der Waals surface area contributed by atoms with Gasteiger partial charge in [0.15, 0.2) is 8.32 Å². The van der Waals surface area contributed by atoms with Gasteiger partial charge in [-0.05, 0) is 36.7 Å². The number of unbranched alkanes of at least 4 members (excludes halogenated alkanes) is 2. The summed E-state index contributed by atoms with van der Waals surface area (Å²) < 4.78 is 6.05. The van der Waals surface area contributed by atoms with Crippen molar-refractivity contribution in [3.8, 4) is 0 Å². The van der Waals surface area contributed by atoms with Crippen LogP contribution in [0.1, 0.15) is 40.0 Å². The summed E-state index contributed by atoms with van der Waals surface area (Å²) in [4.78, 5) is 0. The maximum Gasteiger partial charge on any atom is 0.191 e. The lowest BCUT2D eigenvalue weighted by Gasteiger charge is -2.36. The molecule has 0 fully saturated rings. The molecule has 0 amide bonds. The molecule has 0 aliphatic carbocycles. The van der Waals surface area contributed by atoms with E-state index in [0.717, 1.165) is 12.4 Å². The van der Waals surface area contributed by atoms with Crippen LogP contribution in [0.15, 0.2) is 0 Å². The second-order valence-corrected chi connectivity index (χ2v) is 10.6. The van der Waals surface area contributed by atoms with Crippen molar-refractivity contribution < 1.29 is 4.43 Å². The molecule has 14 heavy (non-hydrogen) atoms. The second-order valence-electron chi connectivity index (χ2n) is 5.39. The minimum absolute atomic E-state index is 0.344. The Hall–Kier alpha value is 0.527. The summed E-state index contributed by atoms with van der Waals surface area (Å²) in [6.07, 6.45) is 3.65. The van der Waals surface area contributed by atoms with Gasteiger partial charge >= 0.3 is 0 Å². The van der Waals surface area contributed by atoms with Crippen molar-refractivity contribution in [1.82, 2.24) is 0 Å². The molecule has 0 atom stereocenters. The Labute approximate surface area is 96.2 Å². The van der Waals surface area contributed by atoms with Crippen LogP contribution in [-0.2, 0) is 4.43 Å². The maximum atomic E-state index is 6.05. The Bertz CT molecular complexity index is 152. The maximum absolute atomic E-state index is 6.05. The van der Waals surface area contributed by atoms with Crippen LogP contribution in [0.25, 0.3) is 0 Å². The van der Waals surface area contributed by atoms with Crippen molar-refractivity contribution in [3.05, 3.63) is 0 Å². The molecule has 0 saturated heterocycles. The normalized spacial score (nSPS) is 13.3. The SMILES string of the molecule is CC(C)(C)[Si](C)(C)OCCCCCS. The molecular formula is C11H26OSSi. The van der Waals surface area contributed by atoms with Crippen molar-refractivity contribution >= 4 is 20.9 Å². The summed E-state index contributed by atoms with van der Waals surface area (Å²) in [5.74, 6) is 1.00. The third-order valence-corrected chi connectivity index (χ3v) is 7.93. The third-order valence-electron chi connectivity index (χ3n) is 3.07. The molecule has 86 valence electrons. The quantitative estimate of drug-likeness (QED) is 0.413. The molecule has 0 aliphatic rings. The molecule has 3 heteroatoms. The van der Waals surface area contributed by atoms with E-state index in [2.05, 4.69) is 46.5 Å². The highest BCUT2D eigenvalue weighted by molar-refractivity contribution is 7.80. The highest BCUT2D eigenvalue weighted by Gasteiger charge is 2.36. The molecule has 0 saturated carbocycles. The summed E-state index contributed by atoms with van der Waals surface area (Å²) >= 11 is 4.19. The van der Waals surface area contributed by atoms with Gasteiger partial charge in [0.2, 0.25) is 0 Å². The lowest BCUT2D eigenvalue weighted by atomic mass is 10.2. The highest BCUT2D eigenvalue weighted by atomic mass is 32.1. The fourth-order valence-corrected chi connectivity index (χ4v) is 2.25. The zero-order valence-electron chi connectivity index (χ0n) is 10.4. The van der Waals surface area contributed by atoms with Crippen molar-refractivity contribution in [2.75, 3.05) is 12.4 Å². The first kappa shape index (κ1) is 14.5. The lowest BCUT2D eigenvalue weighted by molar-refractivity contribution is 0.279. The van der Waals surface area contributed by atoms with Gasteiger partial charge in [0.25, 0.3) is 0 Å². The number of thiol groups is 1. The van der Waals surface area contributed by atoms with E-state index in [1.807, 2.05) is 0 Å². The minimum Gasteiger partial charge on any atom is -0.417 e. The molecule has 0 bridgehead atoms. The molecule has 0 aromatic carbocycles. The van der Waals surface area contributed by atoms with E-state index in [9.17, 15) is 0 Å². The third kappa shape index (κ3) is 5.42. The average Bonchev–Trinajstić information content (AvgIpc) is 2.02. The van der Waals surface area contributed by atoms with Gasteiger partial charge in [0, 0.05) is 6.61 Å². The Balaban J connectivity index is 3.67. The Morgan fingerprint density at radius 3 is 2.07 bits per heavy atom. The topological polar surface area (TPSA) is 9.23 Å². The molecule has 1 nitrogen and oxygen atoms in total. The van der Waals surface area contributed by atoms with E-state index in [1.165, 1.54) is 19.3 Å². The Morgan fingerprint density at radius 1 is 1.07 bits per heavy atom. The predicted octanol–water partition coefficient (Wildman–Crippen LogP) is 4.11. The van der Waals surface area contributed by atoms with Crippen LogP contribution < -0.4 is 0 Å². The lowest BCUT2D eigenvalue weighted by Crippen LogP contribution is -2.40. The second kappa shape index (κ2) is 6.18. The molecule has 0 aromatic heterocycles. The van der Waals surface area contributed by atoms with Crippen LogP contribution in [0.2, 0.25) is 18.1 Å². The van der Waals surface area contributed by atoms with E-state index in [4.69, 9.17) is 4.43 Å². The van der Waals surface area contributed by atoms with Crippen LogP contribution >= 0.6 is 12.6 Å². The number of rotatable bonds is 6. The van der Waals surface area contributed by atoms with Crippen LogP contribution in [0.4, 0.5) is 0 Å². The van der Waals surface area contributed by atoms with E-state index in [1.54, 1.807) is 0 Å². The smallest absolute Gasteiger partial charge is 0.191 e. The van der Waals surface area contributed by atoms with Gasteiger partial charge in [-0.1, -0.05) is 27.2 Å². The van der Waals surface area contributed by atoms with Crippen molar-refractivity contribution in [3.63, 3.8) is 0 Å². The fourth-order valence-electron chi connectivity index (χ4n) is 0.934. The van der Waals surface area contributed by atoms with Gasteiger partial charge in [0.1, 0.15) is 0 Å². The summed E-state index contributed by atoms with van der Waals surface area (Å²) in [7, 11) is -1.48. The molecule has 0 spiro atoms. The summed E-state index contributed by atoms with van der Waals surface area (Å²) in [6.45, 7) is 12.4. The fraction of sp³-hybridized carbons (Fsp3) is 1.00. The summed E-state index contributed by atoms with van der Waals surface area (Å²) in [6, 6.07) is 0. The molecule has 0 unspecified atom stereocenters. The largest absolute Gasteiger partial charge is 0.417 e. The van der Waals surface area contributed by atoms with Crippen molar-refractivity contribution in [1.29, 1.82) is 0 Å². The van der Waals surface area contributed by atoms with Crippen molar-refractivity contribution in [2.45, 2.75) is 58.2 Å². The van der Waals surface area contributed by atoms with Crippen LogP contribution in [-0.4, -0.2) is 20.7 Å². The van der Waals surface area contributed by atoms with E-state index >= 15 is 0 Å². The zero-order chi connectivity index (χ0) is 11.2. The van der Waals surface area contributed by atoms with Gasteiger partial charge in [-0.15, -0.1) is 0 Å². The van der Waals surface area contributed by atoms with Crippen LogP contribution in [0, 0.1) is 0 Å². The monoisotopic (exact) mass is 234 g/mol. The molecule has 0 aliphatic heterocycles. The highest BCUT2D eigenvalue weighted by Crippen LogP contribution is 2.36. The molecule has 0 N–H and O–H groups in total. The first-order chi connectivity index (χ1) is 6.31. The number of hydrogen-bond acceptors (Lipinski definition) is 2. The summed E-state index contributed by atoms with van der Waals surface area (Å²) in [5, 5.41) is 0.344. The zero-order valence-corrected chi connectivity index (χ0v) is 12.3. The van der Waals surface area contributed by atoms with E-state index in [0.29, 0.717) is 5.04 Å². The van der Waals surface area contributed by atoms with Crippen LogP contribution in [0.3, 0.4) is 0 Å². The molecule has 0 aromatic rings. The average molecular weight is 234 g/mol. The Morgan fingerprint density at radius 2 is 1.64 bits per heavy atom. The van der Waals surface area contributed by atoms with Gasteiger partial charge in [0.05, 0.1) is 0 Å². The standard InChI is InChI=1S/C11H26OSSi/c1-11(2,3)14(4,5)12-9-7-6-8-10-13/h13H,6-10H2,1-5H3. The molecule has 0 heterocycles. The first-order valence-corrected chi connectivity index (χ1v) is 9.10. The molecular weight excluding hydrogens is 208 g/mol. The molecule has 0 radical (unpaired) electrons. The minimum atomic E-state index is -1.48.